The van der Waals surface area contributed by atoms with E-state index in [1.807, 2.05) is 11.8 Å². The van der Waals surface area contributed by atoms with Crippen LogP contribution in [-0.2, 0) is 11.3 Å². The average Bonchev–Trinajstić information content (AvgIpc) is 3.38. The molecule has 2 aromatic heterocycles. The van der Waals surface area contributed by atoms with Crippen LogP contribution in [0.4, 0.5) is 10.1 Å². The van der Waals surface area contributed by atoms with Crippen molar-refractivity contribution in [3.8, 4) is 0 Å². The van der Waals surface area contributed by atoms with Crippen molar-refractivity contribution in [2.45, 2.75) is 56.4 Å². The van der Waals surface area contributed by atoms with Gasteiger partial charge in [-0.25, -0.2) is 4.98 Å². The minimum absolute atomic E-state index is 0.0280. The lowest BCUT2D eigenvalue weighted by Gasteiger charge is -2.29. The number of pyridine rings is 2. The summed E-state index contributed by atoms with van der Waals surface area (Å²) in [6.07, 6.45) is 11.2. The van der Waals surface area contributed by atoms with Gasteiger partial charge in [0.25, 0.3) is 0 Å². The van der Waals surface area contributed by atoms with Crippen molar-refractivity contribution in [3.63, 3.8) is 0 Å². The van der Waals surface area contributed by atoms with E-state index in [0.717, 1.165) is 49.8 Å². The molecule has 7 nitrogen and oxygen atoms in total. The monoisotopic (exact) mass is 654 g/mol. The maximum atomic E-state index is 12.9. The number of fused-ring (bicyclic) bond motifs is 2. The van der Waals surface area contributed by atoms with E-state index in [2.05, 4.69) is 108 Å². The molecule has 47 heavy (non-hydrogen) atoms. The number of unbranched alkanes of at least 4 members (excludes halogenated alkanes) is 2. The van der Waals surface area contributed by atoms with Gasteiger partial charge in [-0.05, 0) is 67.7 Å². The number of amides is 1. The molecule has 0 bridgehead atoms. The van der Waals surface area contributed by atoms with Crippen LogP contribution in [0.3, 0.4) is 0 Å². The van der Waals surface area contributed by atoms with Gasteiger partial charge >= 0.3 is 0 Å². The first-order chi connectivity index (χ1) is 22.7. The molecule has 5 rings (SSSR count). The summed E-state index contributed by atoms with van der Waals surface area (Å²) in [6.45, 7) is 3.58. The molecule has 246 valence electrons. The Morgan fingerprint density at radius 3 is 2.53 bits per heavy atom. The van der Waals surface area contributed by atoms with E-state index >= 15 is 0 Å². The van der Waals surface area contributed by atoms with Crippen molar-refractivity contribution in [3.05, 3.63) is 101 Å². The minimum atomic E-state index is -0.603. The van der Waals surface area contributed by atoms with Gasteiger partial charge in [0.2, 0.25) is 17.4 Å². The van der Waals surface area contributed by atoms with Crippen molar-refractivity contribution in [1.29, 1.82) is 0 Å². The van der Waals surface area contributed by atoms with Crippen LogP contribution in [0.25, 0.3) is 17.0 Å². The van der Waals surface area contributed by atoms with E-state index in [1.165, 1.54) is 50.4 Å². The number of rotatable bonds is 16. The largest absolute Gasteiger partial charge is 0.356 e. The molecule has 1 amide bonds. The normalized spacial score (nSPS) is 13.7. The molecule has 4 aromatic rings. The SMILES string of the molecule is CN1/C(=C/c2cc[n+](CCC[N+](C)(C)CCCCCC(=O)NCCCC(=O)c3ccc([18F])nc3)c3ccccc23)Sc2ccccc21. The number of benzene rings is 2. The van der Waals surface area contributed by atoms with Crippen molar-refractivity contribution >= 4 is 46.1 Å². The maximum Gasteiger partial charge on any atom is 0.219 e. The molecule has 0 fully saturated rings. The van der Waals surface area contributed by atoms with Gasteiger partial charge in [-0.2, -0.15) is 8.96 Å². The number of hydrogen-bond donors (Lipinski definition) is 1. The van der Waals surface area contributed by atoms with Crippen molar-refractivity contribution < 1.29 is 23.0 Å². The second-order valence-electron chi connectivity index (χ2n) is 12.9. The number of aryl methyl sites for hydroxylation is 1. The molecule has 0 saturated carbocycles. The lowest BCUT2D eigenvalue weighted by molar-refractivity contribution is -0.892. The van der Waals surface area contributed by atoms with E-state index in [1.54, 1.807) is 0 Å². The number of thioether (sulfide) groups is 1. The summed E-state index contributed by atoms with van der Waals surface area (Å²) in [5.41, 5.74) is 4.14. The van der Waals surface area contributed by atoms with E-state index in [4.69, 9.17) is 0 Å². The van der Waals surface area contributed by atoms with Crippen LogP contribution in [0.1, 0.15) is 60.9 Å². The van der Waals surface area contributed by atoms with Crippen LogP contribution in [-0.4, -0.2) is 61.9 Å². The highest BCUT2D eigenvalue weighted by atomic mass is 32.2. The molecule has 1 aliphatic heterocycles. The molecule has 0 atom stereocenters. The van der Waals surface area contributed by atoms with Crippen LogP contribution < -0.4 is 14.8 Å². The molecular weight excluding hydrogens is 609 g/mol. The molecular formula is C38H46FN5O2S+2. The first kappa shape index (κ1) is 34.3. The smallest absolute Gasteiger partial charge is 0.219 e. The lowest BCUT2D eigenvalue weighted by Crippen LogP contribution is -2.44. The summed E-state index contributed by atoms with van der Waals surface area (Å²) in [5.74, 6) is -0.668. The molecule has 0 saturated heterocycles. The van der Waals surface area contributed by atoms with Crippen LogP contribution in [0.2, 0.25) is 0 Å². The molecule has 1 N–H and O–H groups in total. The van der Waals surface area contributed by atoms with Gasteiger partial charge in [-0.3, -0.25) is 9.59 Å². The van der Waals surface area contributed by atoms with Crippen molar-refractivity contribution in [2.75, 3.05) is 45.7 Å². The van der Waals surface area contributed by atoms with Gasteiger partial charge < -0.3 is 14.7 Å². The number of carbonyl (C=O) groups is 2. The standard InChI is InChI=1S/C38H45FN5O2S/c1-42-33-15-8-9-17-35(33)47-38(42)27-29-21-24-43(32-14-7-6-13-31(29)32)23-12-26-44(2,3)25-10-4-5-18-37(46)40-22-11-16-34(45)30-19-20-36(39)41-28-30/h6-9,13-15,17,19-21,24,27-28H,4-5,10-12,16,18,22-23,25-26H2,1-3H3/q+1/p+1/i39-1. The zero-order chi connectivity index (χ0) is 33.2. The van der Waals surface area contributed by atoms with Crippen LogP contribution in [0.15, 0.2) is 89.0 Å². The molecule has 0 aliphatic carbocycles. The third-order valence-corrected chi connectivity index (χ3v) is 9.96. The van der Waals surface area contributed by atoms with Gasteiger partial charge in [-0.1, -0.05) is 36.0 Å². The fourth-order valence-corrected chi connectivity index (χ4v) is 7.15. The number of quaternary nitrogens is 1. The average molecular weight is 655 g/mol. The third-order valence-electron chi connectivity index (χ3n) is 8.79. The topological polar surface area (TPSA) is 66.2 Å². The second-order valence-corrected chi connectivity index (χ2v) is 13.9. The highest BCUT2D eigenvalue weighted by Crippen LogP contribution is 2.45. The van der Waals surface area contributed by atoms with Gasteiger partial charge in [-0.15, -0.1) is 0 Å². The number of para-hydroxylation sites is 2. The Morgan fingerprint density at radius 1 is 0.936 bits per heavy atom. The number of Topliss-reactive ketones (excluding diaryl/α,β-unsaturated/α-hetero) is 1. The number of nitrogens with one attached hydrogen (secondary N) is 1. The summed E-state index contributed by atoms with van der Waals surface area (Å²) < 4.78 is 16.3. The van der Waals surface area contributed by atoms with E-state index in [0.29, 0.717) is 31.4 Å². The van der Waals surface area contributed by atoms with Gasteiger partial charge in [0.15, 0.2) is 18.5 Å². The highest BCUT2D eigenvalue weighted by Gasteiger charge is 2.22. The third kappa shape index (κ3) is 9.49. The summed E-state index contributed by atoms with van der Waals surface area (Å²) in [5, 5.41) is 5.41. The predicted octanol–water partition coefficient (Wildman–Crippen LogP) is 7.01. The predicted molar refractivity (Wildman–Crippen MR) is 189 cm³/mol. The summed E-state index contributed by atoms with van der Waals surface area (Å²) in [7, 11) is 6.72. The number of nitrogens with zero attached hydrogens (tertiary/aromatic N) is 4. The number of ketones is 1. The molecule has 9 heteroatoms. The summed E-state index contributed by atoms with van der Waals surface area (Å²) in [6, 6.07) is 22.1. The first-order valence-electron chi connectivity index (χ1n) is 16.6. The molecule has 0 radical (unpaired) electrons. The summed E-state index contributed by atoms with van der Waals surface area (Å²) >= 11 is 1.82. The molecule has 2 aromatic carbocycles. The van der Waals surface area contributed by atoms with Crippen molar-refractivity contribution in [1.82, 2.24) is 10.3 Å². The van der Waals surface area contributed by atoms with Gasteiger partial charge in [0.05, 0.1) is 49.7 Å². The quantitative estimate of drug-likeness (QED) is 0.0463. The fraction of sp³-hybridized carbons (Fsp3) is 0.368. The Bertz CT molecular complexity index is 1720. The Hall–Kier alpha value is -4.08. The molecule has 0 spiro atoms. The van der Waals surface area contributed by atoms with Gasteiger partial charge in [0.1, 0.15) is 0 Å². The molecule has 0 unspecified atom stereocenters. The zero-order valence-corrected chi connectivity index (χ0v) is 28.6. The van der Waals surface area contributed by atoms with Gasteiger partial charge in [0, 0.05) is 55.2 Å². The highest BCUT2D eigenvalue weighted by molar-refractivity contribution is 8.03. The number of anilines is 1. The first-order valence-corrected chi connectivity index (χ1v) is 17.4. The number of halogens is 1. The van der Waals surface area contributed by atoms with Crippen LogP contribution in [0, 0.1) is 5.95 Å². The fourth-order valence-electron chi connectivity index (χ4n) is 6.04. The van der Waals surface area contributed by atoms with Crippen molar-refractivity contribution in [2.24, 2.45) is 0 Å². The second kappa shape index (κ2) is 16.2. The van der Waals surface area contributed by atoms with E-state index in [-0.39, 0.29) is 11.7 Å². The Balaban J connectivity index is 1.01. The van der Waals surface area contributed by atoms with Crippen LogP contribution in [0.5, 0.6) is 0 Å². The lowest BCUT2D eigenvalue weighted by atomic mass is 10.1. The number of aromatic nitrogens is 2. The molecule has 3 heterocycles. The maximum absolute atomic E-state index is 12.9. The van der Waals surface area contributed by atoms with E-state index in [9.17, 15) is 14.0 Å². The van der Waals surface area contributed by atoms with Crippen LogP contribution >= 0.6 is 11.8 Å². The number of hydrogen-bond acceptors (Lipinski definition) is 5. The summed E-state index contributed by atoms with van der Waals surface area (Å²) in [4.78, 5) is 31.5. The Kier molecular flexibility index (Phi) is 11.8. The van der Waals surface area contributed by atoms with E-state index < -0.39 is 5.95 Å². The Morgan fingerprint density at radius 2 is 1.72 bits per heavy atom. The zero-order valence-electron chi connectivity index (χ0n) is 27.8. The minimum Gasteiger partial charge on any atom is -0.356 e. The molecule has 1 aliphatic rings. The Labute approximate surface area is 282 Å². The number of carbonyl (C=O) groups excluding carboxylic acids is 2.